The van der Waals surface area contributed by atoms with E-state index in [1.54, 1.807) is 44.2 Å². The van der Waals surface area contributed by atoms with Crippen LogP contribution in [0.25, 0.3) is 11.5 Å². The largest absolute Gasteiger partial charge is 0.411 e. The lowest BCUT2D eigenvalue weighted by Gasteiger charge is -2.25. The van der Waals surface area contributed by atoms with Gasteiger partial charge in [-0.25, -0.2) is 0 Å². The second kappa shape index (κ2) is 6.99. The van der Waals surface area contributed by atoms with Crippen LogP contribution >= 0.6 is 35.0 Å². The van der Waals surface area contributed by atoms with Gasteiger partial charge in [0.1, 0.15) is 0 Å². The molecular weight excluding hydrogens is 359 g/mol. The van der Waals surface area contributed by atoms with Crippen LogP contribution in [0.2, 0.25) is 10.0 Å². The van der Waals surface area contributed by atoms with Gasteiger partial charge >= 0.3 is 0 Å². The molecule has 1 aromatic carbocycles. The summed E-state index contributed by atoms with van der Waals surface area (Å²) in [5.41, 5.74) is 0.744. The van der Waals surface area contributed by atoms with Crippen LogP contribution in [0, 0.1) is 0 Å². The van der Waals surface area contributed by atoms with Gasteiger partial charge in [0.05, 0.1) is 10.0 Å². The molecule has 2 aromatic rings. The highest BCUT2D eigenvalue weighted by atomic mass is 35.5. The van der Waals surface area contributed by atoms with Gasteiger partial charge in [-0.2, -0.15) is 0 Å². The zero-order chi connectivity index (χ0) is 16.4. The van der Waals surface area contributed by atoms with Crippen molar-refractivity contribution in [2.24, 2.45) is 0 Å². The number of nitrogens with zero attached hydrogens (tertiary/aromatic N) is 2. The summed E-state index contributed by atoms with van der Waals surface area (Å²) in [6.07, 6.45) is 2.61. The minimum atomic E-state index is -0.496. The molecule has 3 rings (SSSR count). The van der Waals surface area contributed by atoms with Crippen LogP contribution in [0.15, 0.2) is 27.8 Å². The lowest BCUT2D eigenvalue weighted by atomic mass is 10.2. The average Bonchev–Trinajstić information content (AvgIpc) is 3.18. The van der Waals surface area contributed by atoms with Crippen molar-refractivity contribution in [3.8, 4) is 11.5 Å². The third-order valence-corrected chi connectivity index (χ3v) is 5.81. The molecule has 0 N–H and O–H groups in total. The Hall–Kier alpha value is -0.790. The Morgan fingerprint density at radius 1 is 1.22 bits per heavy atom. The fourth-order valence-corrected chi connectivity index (χ4v) is 4.00. The molecule has 8 heteroatoms. The quantitative estimate of drug-likeness (QED) is 0.708. The second-order valence-corrected chi connectivity index (χ2v) is 7.37. The van der Waals surface area contributed by atoms with Crippen molar-refractivity contribution >= 4 is 35.0 Å². The fourth-order valence-electron chi connectivity index (χ4n) is 2.63. The Balaban J connectivity index is 1.69. The number of halogens is 2. The van der Waals surface area contributed by atoms with Crippen LogP contribution in [0.3, 0.4) is 0 Å². The molecule has 0 saturated heterocycles. The predicted molar refractivity (Wildman–Crippen MR) is 90.0 cm³/mol. The van der Waals surface area contributed by atoms with Crippen molar-refractivity contribution in [1.82, 2.24) is 10.2 Å². The molecule has 1 atom stereocenters. The lowest BCUT2D eigenvalue weighted by Crippen LogP contribution is -2.30. The van der Waals surface area contributed by atoms with E-state index >= 15 is 0 Å². The number of hydrogen-bond acceptors (Lipinski definition) is 6. The van der Waals surface area contributed by atoms with Crippen LogP contribution in [0.4, 0.5) is 0 Å². The van der Waals surface area contributed by atoms with Gasteiger partial charge in [-0.1, -0.05) is 35.0 Å². The van der Waals surface area contributed by atoms with Gasteiger partial charge in [-0.3, -0.25) is 0 Å². The SMILES string of the molecule is COC1(OC)CCC(Sc2nnc(-c3ccc(Cl)c(Cl)c3)o2)C1. The van der Waals surface area contributed by atoms with Crippen molar-refractivity contribution in [3.63, 3.8) is 0 Å². The first-order valence-corrected chi connectivity index (χ1v) is 8.75. The van der Waals surface area contributed by atoms with Crippen molar-refractivity contribution in [1.29, 1.82) is 0 Å². The maximum Gasteiger partial charge on any atom is 0.277 e. The van der Waals surface area contributed by atoms with E-state index in [0.717, 1.165) is 24.8 Å². The second-order valence-electron chi connectivity index (χ2n) is 5.30. The van der Waals surface area contributed by atoms with Gasteiger partial charge in [0.2, 0.25) is 5.89 Å². The summed E-state index contributed by atoms with van der Waals surface area (Å²) in [4.78, 5) is 0. The highest BCUT2D eigenvalue weighted by molar-refractivity contribution is 7.99. The van der Waals surface area contributed by atoms with Crippen molar-refractivity contribution < 1.29 is 13.9 Å². The van der Waals surface area contributed by atoms with E-state index in [1.807, 2.05) is 0 Å². The summed E-state index contributed by atoms with van der Waals surface area (Å²) in [5.74, 6) is -0.0710. The molecule has 0 bridgehead atoms. The maximum atomic E-state index is 6.02. The van der Waals surface area contributed by atoms with Crippen molar-refractivity contribution in [3.05, 3.63) is 28.2 Å². The zero-order valence-corrected chi connectivity index (χ0v) is 15.0. The lowest BCUT2D eigenvalue weighted by molar-refractivity contribution is -0.200. The van der Waals surface area contributed by atoms with Gasteiger partial charge in [-0.15, -0.1) is 10.2 Å². The number of rotatable bonds is 5. The molecule has 1 aromatic heterocycles. The topological polar surface area (TPSA) is 57.4 Å². The van der Waals surface area contributed by atoms with Crippen LogP contribution in [0.1, 0.15) is 19.3 Å². The van der Waals surface area contributed by atoms with E-state index in [9.17, 15) is 0 Å². The Kier molecular flexibility index (Phi) is 5.18. The highest BCUT2D eigenvalue weighted by Crippen LogP contribution is 2.42. The van der Waals surface area contributed by atoms with E-state index in [2.05, 4.69) is 10.2 Å². The van der Waals surface area contributed by atoms with E-state index in [0.29, 0.717) is 26.4 Å². The first kappa shape index (κ1) is 17.0. The molecule has 1 saturated carbocycles. The number of aromatic nitrogens is 2. The highest BCUT2D eigenvalue weighted by Gasteiger charge is 2.40. The predicted octanol–water partition coefficient (Wildman–Crippen LogP) is 4.68. The molecule has 0 aliphatic heterocycles. The number of hydrogen-bond donors (Lipinski definition) is 0. The van der Waals surface area contributed by atoms with Crippen LogP contribution in [-0.2, 0) is 9.47 Å². The molecule has 0 radical (unpaired) electrons. The number of methoxy groups -OCH3 is 2. The third kappa shape index (κ3) is 3.67. The zero-order valence-electron chi connectivity index (χ0n) is 12.7. The van der Waals surface area contributed by atoms with Gasteiger partial charge in [-0.05, 0) is 24.6 Å². The average molecular weight is 375 g/mol. The number of ether oxygens (including phenoxy) is 2. The first-order valence-electron chi connectivity index (χ1n) is 7.11. The minimum Gasteiger partial charge on any atom is -0.411 e. The van der Waals surface area contributed by atoms with Crippen molar-refractivity contribution in [2.75, 3.05) is 14.2 Å². The van der Waals surface area contributed by atoms with Gasteiger partial charge in [0.25, 0.3) is 5.22 Å². The summed E-state index contributed by atoms with van der Waals surface area (Å²) in [6.45, 7) is 0. The molecular formula is C15H16Cl2N2O3S. The summed E-state index contributed by atoms with van der Waals surface area (Å²) in [5, 5.41) is 9.96. The van der Waals surface area contributed by atoms with E-state index in [1.165, 1.54) is 0 Å². The Labute approximate surface area is 148 Å². The van der Waals surface area contributed by atoms with E-state index in [4.69, 9.17) is 37.1 Å². The van der Waals surface area contributed by atoms with Crippen molar-refractivity contribution in [2.45, 2.75) is 35.5 Å². The molecule has 1 fully saturated rings. The molecule has 1 aliphatic rings. The number of benzene rings is 1. The first-order chi connectivity index (χ1) is 11.0. The number of thioether (sulfide) groups is 1. The molecule has 5 nitrogen and oxygen atoms in total. The fraction of sp³-hybridized carbons (Fsp3) is 0.467. The van der Waals surface area contributed by atoms with E-state index < -0.39 is 5.79 Å². The monoisotopic (exact) mass is 374 g/mol. The normalized spacial score (nSPS) is 20.1. The molecule has 124 valence electrons. The Morgan fingerprint density at radius 2 is 2.00 bits per heavy atom. The summed E-state index contributed by atoms with van der Waals surface area (Å²) in [7, 11) is 3.34. The summed E-state index contributed by atoms with van der Waals surface area (Å²) >= 11 is 13.5. The minimum absolute atomic E-state index is 0.317. The van der Waals surface area contributed by atoms with Crippen LogP contribution in [0.5, 0.6) is 0 Å². The van der Waals surface area contributed by atoms with Crippen LogP contribution < -0.4 is 0 Å². The molecule has 1 aliphatic carbocycles. The van der Waals surface area contributed by atoms with Crippen LogP contribution in [-0.4, -0.2) is 35.5 Å². The molecule has 0 amide bonds. The summed E-state index contributed by atoms with van der Waals surface area (Å²) < 4.78 is 16.7. The molecule has 0 spiro atoms. The maximum absolute atomic E-state index is 6.02. The molecule has 1 unspecified atom stereocenters. The molecule has 1 heterocycles. The van der Waals surface area contributed by atoms with Gasteiger partial charge < -0.3 is 13.9 Å². The smallest absolute Gasteiger partial charge is 0.277 e. The van der Waals surface area contributed by atoms with Gasteiger partial charge in [0, 0.05) is 37.9 Å². The van der Waals surface area contributed by atoms with Gasteiger partial charge in [0.15, 0.2) is 5.79 Å². The molecule has 23 heavy (non-hydrogen) atoms. The van der Waals surface area contributed by atoms with E-state index in [-0.39, 0.29) is 0 Å². The Bertz CT molecular complexity index is 691. The third-order valence-electron chi connectivity index (χ3n) is 3.97. The standard InChI is InChI=1S/C15H16Cl2N2O3S/c1-20-15(21-2)6-5-10(8-15)23-14-19-18-13(22-14)9-3-4-11(16)12(17)7-9/h3-4,7,10H,5-6,8H2,1-2H3. The summed E-state index contributed by atoms with van der Waals surface area (Å²) in [6, 6.07) is 5.22. The Morgan fingerprint density at radius 3 is 2.65 bits per heavy atom.